The molecule has 0 saturated heterocycles. The molecule has 5 rings (SSSR count). The molecule has 3 aromatic heterocycles. The molecule has 0 aliphatic rings. The largest absolute Gasteiger partial charge is 0.360 e. The van der Waals surface area contributed by atoms with Crippen molar-refractivity contribution in [3.8, 4) is 11.3 Å². The minimum absolute atomic E-state index is 0.141. The summed E-state index contributed by atoms with van der Waals surface area (Å²) >= 11 is 3.10. The van der Waals surface area contributed by atoms with Gasteiger partial charge in [-0.05, 0) is 41.1 Å². The van der Waals surface area contributed by atoms with Crippen molar-refractivity contribution in [3.05, 3.63) is 71.1 Å². The van der Waals surface area contributed by atoms with Gasteiger partial charge in [-0.1, -0.05) is 18.2 Å². The van der Waals surface area contributed by atoms with E-state index < -0.39 is 0 Å². The number of aromatic nitrogens is 2. The van der Waals surface area contributed by atoms with Crippen molar-refractivity contribution in [2.75, 3.05) is 5.32 Å². The van der Waals surface area contributed by atoms with E-state index in [2.05, 4.69) is 21.4 Å². The number of H-pyrrole nitrogens is 1. The summed E-state index contributed by atoms with van der Waals surface area (Å²) in [5.41, 5.74) is 3.61. The van der Waals surface area contributed by atoms with E-state index in [1.54, 1.807) is 11.3 Å². The molecule has 0 radical (unpaired) electrons. The summed E-state index contributed by atoms with van der Waals surface area (Å²) < 4.78 is 1.18. The number of para-hydroxylation sites is 1. The minimum atomic E-state index is -0.141. The Kier molecular flexibility index (Phi) is 3.58. The van der Waals surface area contributed by atoms with Gasteiger partial charge in [-0.2, -0.15) is 0 Å². The van der Waals surface area contributed by atoms with E-state index in [1.165, 1.54) is 16.0 Å². The van der Waals surface area contributed by atoms with Crippen LogP contribution in [0.5, 0.6) is 0 Å². The highest BCUT2D eigenvalue weighted by atomic mass is 32.1. The van der Waals surface area contributed by atoms with E-state index in [0.717, 1.165) is 27.5 Å². The van der Waals surface area contributed by atoms with Crippen molar-refractivity contribution in [2.45, 2.75) is 0 Å². The van der Waals surface area contributed by atoms with Crippen molar-refractivity contribution in [1.29, 1.82) is 0 Å². The molecular weight excluding hydrogens is 362 g/mol. The Balaban J connectivity index is 1.42. The van der Waals surface area contributed by atoms with Gasteiger partial charge in [0.05, 0.1) is 5.69 Å². The van der Waals surface area contributed by atoms with Gasteiger partial charge in [0.15, 0.2) is 5.13 Å². The van der Waals surface area contributed by atoms with Gasteiger partial charge in [0, 0.05) is 38.3 Å². The predicted octanol–water partition coefficient (Wildman–Crippen LogP) is 5.76. The fourth-order valence-corrected chi connectivity index (χ4v) is 4.49. The number of amides is 1. The van der Waals surface area contributed by atoms with Crippen molar-refractivity contribution in [1.82, 2.24) is 9.97 Å². The summed E-state index contributed by atoms with van der Waals surface area (Å²) in [6.45, 7) is 0. The molecule has 0 bridgehead atoms. The zero-order valence-corrected chi connectivity index (χ0v) is 15.2. The SMILES string of the molecule is O=C(Nc1nc(-c2c[nH]c3ccccc23)cs1)c1ccc2sccc2c1. The molecule has 6 heteroatoms. The smallest absolute Gasteiger partial charge is 0.257 e. The number of anilines is 1. The number of hydrogen-bond acceptors (Lipinski definition) is 4. The van der Waals surface area contributed by atoms with Crippen LogP contribution in [0.1, 0.15) is 10.4 Å². The molecule has 4 nitrogen and oxygen atoms in total. The van der Waals surface area contributed by atoms with Gasteiger partial charge in [0.1, 0.15) is 0 Å². The van der Waals surface area contributed by atoms with E-state index in [0.29, 0.717) is 10.7 Å². The lowest BCUT2D eigenvalue weighted by molar-refractivity contribution is 0.102. The average molecular weight is 375 g/mol. The molecule has 1 amide bonds. The van der Waals surface area contributed by atoms with Crippen LogP contribution in [0.15, 0.2) is 65.5 Å². The lowest BCUT2D eigenvalue weighted by Crippen LogP contribution is -2.11. The normalized spacial score (nSPS) is 11.2. The Bertz CT molecular complexity index is 1250. The minimum Gasteiger partial charge on any atom is -0.360 e. The second-order valence-electron chi connectivity index (χ2n) is 5.91. The fourth-order valence-electron chi connectivity index (χ4n) is 3.02. The molecule has 0 aliphatic heterocycles. The highest BCUT2D eigenvalue weighted by molar-refractivity contribution is 7.17. The Morgan fingerprint density at radius 1 is 1.08 bits per heavy atom. The van der Waals surface area contributed by atoms with Crippen LogP contribution in [0.25, 0.3) is 32.2 Å². The summed E-state index contributed by atoms with van der Waals surface area (Å²) in [6.07, 6.45) is 1.95. The molecule has 126 valence electrons. The summed E-state index contributed by atoms with van der Waals surface area (Å²) in [5, 5.41) is 9.71. The molecule has 2 aromatic carbocycles. The van der Waals surface area contributed by atoms with Crippen molar-refractivity contribution >= 4 is 54.7 Å². The number of thiophene rings is 1. The fraction of sp³-hybridized carbons (Fsp3) is 0. The zero-order chi connectivity index (χ0) is 17.5. The van der Waals surface area contributed by atoms with E-state index in [4.69, 9.17) is 0 Å². The highest BCUT2D eigenvalue weighted by Gasteiger charge is 2.13. The Labute approximate surface area is 157 Å². The number of aromatic amines is 1. The number of hydrogen-bond donors (Lipinski definition) is 2. The van der Waals surface area contributed by atoms with Crippen LogP contribution in [-0.2, 0) is 0 Å². The first kappa shape index (κ1) is 15.3. The lowest BCUT2D eigenvalue weighted by Gasteiger charge is -2.02. The van der Waals surface area contributed by atoms with Crippen LogP contribution in [0, 0.1) is 0 Å². The first-order valence-electron chi connectivity index (χ1n) is 8.08. The maximum Gasteiger partial charge on any atom is 0.257 e. The quantitative estimate of drug-likeness (QED) is 0.421. The highest BCUT2D eigenvalue weighted by Crippen LogP contribution is 2.31. The maximum absolute atomic E-state index is 12.5. The molecule has 0 spiro atoms. The van der Waals surface area contributed by atoms with Gasteiger partial charge >= 0.3 is 0 Å². The molecule has 5 aromatic rings. The third-order valence-electron chi connectivity index (χ3n) is 4.30. The lowest BCUT2D eigenvalue weighted by atomic mass is 10.1. The summed E-state index contributed by atoms with van der Waals surface area (Å²) in [5.74, 6) is -0.141. The van der Waals surface area contributed by atoms with E-state index in [-0.39, 0.29) is 5.91 Å². The number of fused-ring (bicyclic) bond motifs is 2. The molecule has 0 saturated carbocycles. The van der Waals surface area contributed by atoms with Crippen molar-refractivity contribution < 1.29 is 4.79 Å². The molecule has 0 atom stereocenters. The van der Waals surface area contributed by atoms with Gasteiger partial charge < -0.3 is 4.98 Å². The third kappa shape index (κ3) is 2.60. The molecule has 3 heterocycles. The molecule has 0 fully saturated rings. The average Bonchev–Trinajstić information content (AvgIpc) is 3.39. The van der Waals surface area contributed by atoms with Gasteiger partial charge in [-0.25, -0.2) is 4.98 Å². The van der Waals surface area contributed by atoms with Crippen molar-refractivity contribution in [3.63, 3.8) is 0 Å². The topological polar surface area (TPSA) is 57.8 Å². The second kappa shape index (κ2) is 6.09. The number of carbonyl (C=O) groups is 1. The maximum atomic E-state index is 12.5. The Morgan fingerprint density at radius 3 is 2.96 bits per heavy atom. The van der Waals surface area contributed by atoms with Crippen molar-refractivity contribution in [2.24, 2.45) is 0 Å². The predicted molar refractivity (Wildman–Crippen MR) is 109 cm³/mol. The number of rotatable bonds is 3. The van der Waals surface area contributed by atoms with E-state index >= 15 is 0 Å². The zero-order valence-electron chi connectivity index (χ0n) is 13.5. The first-order chi connectivity index (χ1) is 12.8. The Morgan fingerprint density at radius 2 is 2.00 bits per heavy atom. The van der Waals surface area contributed by atoms with E-state index in [1.807, 2.05) is 59.4 Å². The van der Waals surface area contributed by atoms with Crippen LogP contribution >= 0.6 is 22.7 Å². The summed E-state index contributed by atoms with van der Waals surface area (Å²) in [6, 6.07) is 15.9. The standard InChI is InChI=1S/C20H13N3OS2/c24-19(13-5-6-18-12(9-13)7-8-25-18)23-20-22-17(11-26-20)15-10-21-16-4-2-1-3-14(15)16/h1-11,21H,(H,22,23,24). The first-order valence-corrected chi connectivity index (χ1v) is 9.84. The summed E-state index contributed by atoms with van der Waals surface area (Å²) in [4.78, 5) is 20.4. The van der Waals surface area contributed by atoms with Crippen LogP contribution in [-0.4, -0.2) is 15.9 Å². The number of nitrogens with one attached hydrogen (secondary N) is 2. The molecule has 0 aliphatic carbocycles. The number of nitrogens with zero attached hydrogens (tertiary/aromatic N) is 1. The van der Waals surface area contributed by atoms with Crippen LogP contribution in [0.3, 0.4) is 0 Å². The second-order valence-corrected chi connectivity index (χ2v) is 7.72. The number of benzene rings is 2. The monoisotopic (exact) mass is 375 g/mol. The number of thiazole rings is 1. The number of carbonyl (C=O) groups excluding carboxylic acids is 1. The molecule has 26 heavy (non-hydrogen) atoms. The van der Waals surface area contributed by atoms with Gasteiger partial charge in [0.25, 0.3) is 5.91 Å². The molecule has 0 unspecified atom stereocenters. The Hall–Kier alpha value is -2.96. The van der Waals surface area contributed by atoms with Crippen LogP contribution in [0.2, 0.25) is 0 Å². The van der Waals surface area contributed by atoms with Crippen LogP contribution < -0.4 is 5.32 Å². The third-order valence-corrected chi connectivity index (χ3v) is 5.96. The van der Waals surface area contributed by atoms with Gasteiger partial charge in [-0.15, -0.1) is 22.7 Å². The molecule has 2 N–H and O–H groups in total. The summed E-state index contributed by atoms with van der Waals surface area (Å²) in [7, 11) is 0. The van der Waals surface area contributed by atoms with E-state index in [9.17, 15) is 4.79 Å². The van der Waals surface area contributed by atoms with Crippen LogP contribution in [0.4, 0.5) is 5.13 Å². The van der Waals surface area contributed by atoms with Gasteiger partial charge in [0.2, 0.25) is 0 Å². The molecular formula is C20H13N3OS2. The van der Waals surface area contributed by atoms with Gasteiger partial charge in [-0.3, -0.25) is 10.1 Å².